The number of rotatable bonds is 1. The lowest BCUT2D eigenvalue weighted by Gasteiger charge is -2.12. The van der Waals surface area contributed by atoms with Crippen molar-refractivity contribution in [3.8, 4) is 0 Å². The molecule has 1 aliphatic rings. The van der Waals surface area contributed by atoms with Crippen LogP contribution in [0.4, 0.5) is 13.2 Å². The summed E-state index contributed by atoms with van der Waals surface area (Å²) < 4.78 is 61.5. The van der Waals surface area contributed by atoms with Crippen molar-refractivity contribution in [3.63, 3.8) is 0 Å². The normalized spacial score (nSPS) is 17.6. The molecule has 0 radical (unpaired) electrons. The van der Waals surface area contributed by atoms with Crippen LogP contribution in [-0.2, 0) is 22.4 Å². The van der Waals surface area contributed by atoms with E-state index >= 15 is 0 Å². The van der Waals surface area contributed by atoms with E-state index in [1.807, 2.05) is 0 Å². The zero-order valence-electron chi connectivity index (χ0n) is 8.71. The number of fused-ring (bicyclic) bond motifs is 1. The standard InChI is InChI=1S/C10H6ClF3O3S/c11-9(15)6-1-2-7(10(12,13)14)5-3-4-18(16,17)8(5)6/h1-2H,3-4H2. The fraction of sp³-hybridized carbons (Fsp3) is 0.300. The van der Waals surface area contributed by atoms with Crippen LogP contribution in [0, 0.1) is 0 Å². The van der Waals surface area contributed by atoms with E-state index in [9.17, 15) is 26.4 Å². The van der Waals surface area contributed by atoms with Gasteiger partial charge in [-0.2, -0.15) is 13.2 Å². The predicted octanol–water partition coefficient (Wildman–Crippen LogP) is 2.41. The summed E-state index contributed by atoms with van der Waals surface area (Å²) in [6.07, 6.45) is -4.91. The Bertz CT molecular complexity index is 635. The predicted molar refractivity (Wildman–Crippen MR) is 57.4 cm³/mol. The molecule has 0 N–H and O–H groups in total. The van der Waals surface area contributed by atoms with Gasteiger partial charge in [-0.3, -0.25) is 4.79 Å². The van der Waals surface area contributed by atoms with Crippen LogP contribution in [0.5, 0.6) is 0 Å². The molecule has 0 spiro atoms. The van der Waals surface area contributed by atoms with Crippen molar-refractivity contribution in [2.24, 2.45) is 0 Å². The molecular formula is C10H6ClF3O3S. The second kappa shape index (κ2) is 3.96. The molecule has 0 saturated carbocycles. The zero-order chi connectivity index (χ0) is 13.7. The molecule has 0 aliphatic carbocycles. The summed E-state index contributed by atoms with van der Waals surface area (Å²) >= 11 is 5.20. The number of carbonyl (C=O) groups is 1. The van der Waals surface area contributed by atoms with Crippen LogP contribution in [0.1, 0.15) is 21.5 Å². The Morgan fingerprint density at radius 1 is 1.28 bits per heavy atom. The number of carbonyl (C=O) groups excluding carboxylic acids is 1. The minimum Gasteiger partial charge on any atom is -0.276 e. The van der Waals surface area contributed by atoms with E-state index in [4.69, 9.17) is 11.6 Å². The summed E-state index contributed by atoms with van der Waals surface area (Å²) in [4.78, 5) is 10.5. The molecule has 98 valence electrons. The summed E-state index contributed by atoms with van der Waals surface area (Å²) in [6.45, 7) is 0. The van der Waals surface area contributed by atoms with E-state index in [-0.39, 0.29) is 12.0 Å². The fourth-order valence-electron chi connectivity index (χ4n) is 1.99. The molecule has 0 amide bonds. The van der Waals surface area contributed by atoms with Gasteiger partial charge in [-0.05, 0) is 35.7 Å². The van der Waals surface area contributed by atoms with Crippen molar-refractivity contribution in [2.45, 2.75) is 17.5 Å². The van der Waals surface area contributed by atoms with Crippen LogP contribution < -0.4 is 0 Å². The monoisotopic (exact) mass is 298 g/mol. The van der Waals surface area contributed by atoms with Gasteiger partial charge in [-0.25, -0.2) is 8.42 Å². The summed E-state index contributed by atoms with van der Waals surface area (Å²) in [5.41, 5.74) is -1.79. The largest absolute Gasteiger partial charge is 0.416 e. The van der Waals surface area contributed by atoms with Gasteiger partial charge in [0.05, 0.1) is 21.8 Å². The molecule has 3 nitrogen and oxygen atoms in total. The van der Waals surface area contributed by atoms with Gasteiger partial charge in [0.25, 0.3) is 5.24 Å². The second-order valence-electron chi connectivity index (χ2n) is 3.81. The first-order valence-electron chi connectivity index (χ1n) is 4.80. The summed E-state index contributed by atoms with van der Waals surface area (Å²) in [5, 5.41) is -1.08. The lowest BCUT2D eigenvalue weighted by atomic mass is 10.0. The molecule has 0 unspecified atom stereocenters. The van der Waals surface area contributed by atoms with Crippen LogP contribution in [0.25, 0.3) is 0 Å². The molecule has 1 aromatic rings. The molecule has 0 saturated heterocycles. The average molecular weight is 299 g/mol. The van der Waals surface area contributed by atoms with Gasteiger partial charge in [-0.1, -0.05) is 0 Å². The minimum absolute atomic E-state index is 0.259. The van der Waals surface area contributed by atoms with Crippen molar-refractivity contribution in [1.29, 1.82) is 0 Å². The molecule has 0 bridgehead atoms. The van der Waals surface area contributed by atoms with E-state index in [0.717, 1.165) is 6.07 Å². The molecule has 0 fully saturated rings. The number of alkyl halides is 3. The molecule has 0 atom stereocenters. The molecular weight excluding hydrogens is 293 g/mol. The van der Waals surface area contributed by atoms with E-state index in [0.29, 0.717) is 6.07 Å². The molecule has 2 rings (SSSR count). The van der Waals surface area contributed by atoms with E-state index < -0.39 is 43.0 Å². The Kier molecular flexibility index (Phi) is 2.94. The third-order valence-electron chi connectivity index (χ3n) is 2.71. The van der Waals surface area contributed by atoms with Gasteiger partial charge in [0, 0.05) is 0 Å². The van der Waals surface area contributed by atoms with Gasteiger partial charge < -0.3 is 0 Å². The van der Waals surface area contributed by atoms with Crippen molar-refractivity contribution >= 4 is 26.7 Å². The Morgan fingerprint density at radius 2 is 1.89 bits per heavy atom. The van der Waals surface area contributed by atoms with Crippen molar-refractivity contribution in [3.05, 3.63) is 28.8 Å². The Morgan fingerprint density at radius 3 is 2.39 bits per heavy atom. The fourth-order valence-corrected chi connectivity index (χ4v) is 3.96. The van der Waals surface area contributed by atoms with Crippen molar-refractivity contribution < 1.29 is 26.4 Å². The SMILES string of the molecule is O=C(Cl)c1ccc(C(F)(F)F)c2c1S(=O)(=O)CC2. The van der Waals surface area contributed by atoms with E-state index in [1.165, 1.54) is 0 Å². The number of hydrogen-bond acceptors (Lipinski definition) is 3. The first-order chi connectivity index (χ1) is 8.14. The maximum atomic E-state index is 12.7. The highest BCUT2D eigenvalue weighted by molar-refractivity contribution is 7.91. The number of sulfone groups is 1. The maximum absolute atomic E-state index is 12.7. The third kappa shape index (κ3) is 2.01. The highest BCUT2D eigenvalue weighted by atomic mass is 35.5. The Balaban J connectivity index is 2.84. The molecule has 0 aromatic heterocycles. The number of halogens is 4. The minimum atomic E-state index is -4.65. The lowest BCUT2D eigenvalue weighted by molar-refractivity contribution is -0.138. The van der Waals surface area contributed by atoms with Gasteiger partial charge in [-0.15, -0.1) is 0 Å². The van der Waals surface area contributed by atoms with Gasteiger partial charge in [0.1, 0.15) is 0 Å². The highest BCUT2D eigenvalue weighted by Crippen LogP contribution is 2.40. The number of hydrogen-bond donors (Lipinski definition) is 0. The number of benzene rings is 1. The smallest absolute Gasteiger partial charge is 0.276 e. The van der Waals surface area contributed by atoms with Crippen LogP contribution in [0.2, 0.25) is 0 Å². The quantitative estimate of drug-likeness (QED) is 0.748. The topological polar surface area (TPSA) is 51.2 Å². The second-order valence-corrected chi connectivity index (χ2v) is 6.20. The summed E-state index contributed by atoms with van der Waals surface area (Å²) in [7, 11) is -3.87. The molecule has 1 aliphatic heterocycles. The van der Waals surface area contributed by atoms with Crippen molar-refractivity contribution in [2.75, 3.05) is 5.75 Å². The average Bonchev–Trinajstić information content (AvgIpc) is 2.53. The summed E-state index contributed by atoms with van der Waals surface area (Å²) in [5.74, 6) is -0.438. The van der Waals surface area contributed by atoms with Crippen molar-refractivity contribution in [1.82, 2.24) is 0 Å². The van der Waals surface area contributed by atoms with Crippen LogP contribution in [0.15, 0.2) is 17.0 Å². The Hall–Kier alpha value is -1.08. The van der Waals surface area contributed by atoms with E-state index in [1.54, 1.807) is 0 Å². The first-order valence-corrected chi connectivity index (χ1v) is 6.83. The lowest BCUT2D eigenvalue weighted by Crippen LogP contribution is -2.11. The first kappa shape index (κ1) is 13.4. The van der Waals surface area contributed by atoms with Crippen LogP contribution in [0.3, 0.4) is 0 Å². The highest BCUT2D eigenvalue weighted by Gasteiger charge is 2.41. The van der Waals surface area contributed by atoms with Gasteiger partial charge in [0.15, 0.2) is 9.84 Å². The molecule has 18 heavy (non-hydrogen) atoms. The molecule has 1 heterocycles. The third-order valence-corrected chi connectivity index (χ3v) is 4.74. The van der Waals surface area contributed by atoms with E-state index in [2.05, 4.69) is 0 Å². The van der Waals surface area contributed by atoms with Crippen LogP contribution in [-0.4, -0.2) is 19.4 Å². The summed E-state index contributed by atoms with van der Waals surface area (Å²) in [6, 6.07) is 1.50. The maximum Gasteiger partial charge on any atom is 0.416 e. The molecule has 1 aromatic carbocycles. The zero-order valence-corrected chi connectivity index (χ0v) is 10.3. The van der Waals surface area contributed by atoms with Gasteiger partial charge in [0.2, 0.25) is 0 Å². The molecule has 8 heteroatoms. The van der Waals surface area contributed by atoms with Gasteiger partial charge >= 0.3 is 6.18 Å². The Labute approximate surface area is 105 Å². The van der Waals surface area contributed by atoms with Crippen LogP contribution >= 0.6 is 11.6 Å².